The summed E-state index contributed by atoms with van der Waals surface area (Å²) >= 11 is 0. The highest BCUT2D eigenvalue weighted by molar-refractivity contribution is 6.00. The van der Waals surface area contributed by atoms with Gasteiger partial charge in [0.15, 0.2) is 5.82 Å². The molecule has 0 fully saturated rings. The van der Waals surface area contributed by atoms with Gasteiger partial charge in [-0.15, -0.1) is 10.2 Å². The van der Waals surface area contributed by atoms with E-state index in [0.29, 0.717) is 17.1 Å². The fraction of sp³-hybridized carbons (Fsp3) is 0.308. The van der Waals surface area contributed by atoms with E-state index in [1.807, 2.05) is 12.1 Å². The van der Waals surface area contributed by atoms with Crippen molar-refractivity contribution in [2.75, 3.05) is 12.4 Å². The fourth-order valence-corrected chi connectivity index (χ4v) is 3.91. The lowest BCUT2D eigenvalue weighted by Gasteiger charge is -2.14. The van der Waals surface area contributed by atoms with E-state index in [0.717, 1.165) is 43.6 Å². The number of halogens is 1. The zero-order valence-electron chi connectivity index (χ0n) is 19.8. The Morgan fingerprint density at radius 1 is 1.11 bits per heavy atom. The van der Waals surface area contributed by atoms with E-state index in [2.05, 4.69) is 25.4 Å². The summed E-state index contributed by atoms with van der Waals surface area (Å²) in [5, 5.41) is 13.7. The highest BCUT2D eigenvalue weighted by Gasteiger charge is 2.19. The summed E-state index contributed by atoms with van der Waals surface area (Å²) in [7, 11) is 1.58. The Balaban J connectivity index is 1.40. The van der Waals surface area contributed by atoms with E-state index < -0.39 is 23.7 Å². The Labute approximate surface area is 203 Å². The molecule has 2 N–H and O–H groups in total. The van der Waals surface area contributed by atoms with Crippen molar-refractivity contribution in [1.82, 2.24) is 20.1 Å². The summed E-state index contributed by atoms with van der Waals surface area (Å²) in [6, 6.07) is 10.8. The first-order valence-electron chi connectivity index (χ1n) is 11.6. The van der Waals surface area contributed by atoms with Crippen molar-refractivity contribution < 1.29 is 18.7 Å². The summed E-state index contributed by atoms with van der Waals surface area (Å²) in [6.07, 6.45) is 7.07. The van der Waals surface area contributed by atoms with Crippen LogP contribution in [0.2, 0.25) is 0 Å². The van der Waals surface area contributed by atoms with Crippen LogP contribution in [0.3, 0.4) is 0 Å². The molecule has 0 radical (unpaired) electrons. The molecule has 9 heteroatoms. The minimum Gasteiger partial charge on any atom is -0.497 e. The molecule has 4 rings (SSSR count). The van der Waals surface area contributed by atoms with Gasteiger partial charge in [0.05, 0.1) is 12.8 Å². The lowest BCUT2D eigenvalue weighted by Crippen LogP contribution is -2.41. The average Bonchev–Trinajstić information content (AvgIpc) is 3.12. The predicted octanol–water partition coefficient (Wildman–Crippen LogP) is 3.98. The number of carbonyl (C=O) groups excluding carboxylic acids is 2. The van der Waals surface area contributed by atoms with E-state index in [1.54, 1.807) is 37.5 Å². The molecular weight excluding hydrogens is 449 g/mol. The minimum absolute atomic E-state index is 0.0216. The van der Waals surface area contributed by atoms with Gasteiger partial charge in [0.25, 0.3) is 0 Å². The summed E-state index contributed by atoms with van der Waals surface area (Å²) in [6.45, 7) is 2.35. The number of hydrogen-bond donors (Lipinski definition) is 2. The molecular formula is C26H28FN5O3. The SMILES string of the molecule is COc1ccc(/C=C/C(=O)NC(C)C(=O)Nc2cc(-c3nnc4n3CCCCC4)ccc2F)cc1. The summed E-state index contributed by atoms with van der Waals surface area (Å²) < 4.78 is 21.7. The van der Waals surface area contributed by atoms with Crippen LogP contribution in [-0.2, 0) is 22.6 Å². The van der Waals surface area contributed by atoms with Gasteiger partial charge in [-0.2, -0.15) is 0 Å². The maximum absolute atomic E-state index is 14.5. The number of rotatable bonds is 7. The normalized spacial score (nSPS) is 14.1. The summed E-state index contributed by atoms with van der Waals surface area (Å²) in [4.78, 5) is 24.9. The van der Waals surface area contributed by atoms with Crippen LogP contribution in [0.25, 0.3) is 17.5 Å². The van der Waals surface area contributed by atoms with E-state index in [1.165, 1.54) is 19.1 Å². The molecule has 0 spiro atoms. The summed E-state index contributed by atoms with van der Waals surface area (Å²) in [5.41, 5.74) is 1.50. The topological polar surface area (TPSA) is 98.1 Å². The maximum atomic E-state index is 14.5. The van der Waals surface area contributed by atoms with Crippen molar-refractivity contribution in [1.29, 1.82) is 0 Å². The molecule has 2 aromatic carbocycles. The highest BCUT2D eigenvalue weighted by Crippen LogP contribution is 2.26. The van der Waals surface area contributed by atoms with Crippen LogP contribution < -0.4 is 15.4 Å². The lowest BCUT2D eigenvalue weighted by atomic mass is 10.1. The molecule has 1 aromatic heterocycles. The van der Waals surface area contributed by atoms with Crippen LogP contribution in [0.15, 0.2) is 48.5 Å². The van der Waals surface area contributed by atoms with Crippen molar-refractivity contribution in [2.24, 2.45) is 0 Å². The predicted molar refractivity (Wildman–Crippen MR) is 131 cm³/mol. The molecule has 0 aliphatic carbocycles. The number of anilines is 1. The first kappa shape index (κ1) is 24.1. The monoisotopic (exact) mass is 477 g/mol. The Hall–Kier alpha value is -4.01. The van der Waals surface area contributed by atoms with Crippen LogP contribution in [0, 0.1) is 5.82 Å². The van der Waals surface area contributed by atoms with Crippen LogP contribution >= 0.6 is 0 Å². The molecule has 2 amide bonds. The van der Waals surface area contributed by atoms with Gasteiger partial charge in [-0.3, -0.25) is 9.59 Å². The molecule has 2 heterocycles. The first-order chi connectivity index (χ1) is 16.9. The van der Waals surface area contributed by atoms with Crippen LogP contribution in [0.4, 0.5) is 10.1 Å². The van der Waals surface area contributed by atoms with Crippen molar-refractivity contribution in [3.8, 4) is 17.1 Å². The number of ether oxygens (including phenoxy) is 1. The Morgan fingerprint density at radius 3 is 2.69 bits per heavy atom. The smallest absolute Gasteiger partial charge is 0.246 e. The largest absolute Gasteiger partial charge is 0.497 e. The third-order valence-electron chi connectivity index (χ3n) is 5.89. The third-order valence-corrected chi connectivity index (χ3v) is 5.89. The van der Waals surface area contributed by atoms with Crippen LogP contribution in [0.1, 0.15) is 37.6 Å². The van der Waals surface area contributed by atoms with Gasteiger partial charge in [-0.05, 0) is 61.7 Å². The number of fused-ring (bicyclic) bond motifs is 1. The van der Waals surface area contributed by atoms with Crippen molar-refractivity contribution in [3.05, 3.63) is 65.7 Å². The average molecular weight is 478 g/mol. The van der Waals surface area contributed by atoms with Crippen LogP contribution in [0.5, 0.6) is 5.75 Å². The number of amides is 2. The van der Waals surface area contributed by atoms with Gasteiger partial charge >= 0.3 is 0 Å². The standard InChI is InChI=1S/C26H28FN5O3/c1-17(28-24(33)14-9-18-7-11-20(35-2)12-8-18)26(34)29-22-16-19(10-13-21(22)27)25-31-30-23-6-4-3-5-15-32(23)25/h7-14,16-17H,3-6,15H2,1-2H3,(H,28,33)(H,29,34)/b14-9+. The zero-order valence-corrected chi connectivity index (χ0v) is 19.8. The molecule has 0 saturated heterocycles. The molecule has 35 heavy (non-hydrogen) atoms. The molecule has 182 valence electrons. The van der Waals surface area contributed by atoms with Crippen molar-refractivity contribution >= 4 is 23.6 Å². The molecule has 1 unspecified atom stereocenters. The van der Waals surface area contributed by atoms with Gasteiger partial charge in [0, 0.05) is 24.6 Å². The van der Waals surface area contributed by atoms with E-state index in [4.69, 9.17) is 4.74 Å². The Kier molecular flexibility index (Phi) is 7.54. The Morgan fingerprint density at radius 2 is 1.91 bits per heavy atom. The second-order valence-corrected chi connectivity index (χ2v) is 8.42. The number of aromatic nitrogens is 3. The Bertz CT molecular complexity index is 1240. The molecule has 1 aliphatic heterocycles. The molecule has 8 nitrogen and oxygen atoms in total. The molecule has 3 aromatic rings. The third kappa shape index (κ3) is 5.92. The number of nitrogens with one attached hydrogen (secondary N) is 2. The maximum Gasteiger partial charge on any atom is 0.246 e. The van der Waals surface area contributed by atoms with Gasteiger partial charge in [0.2, 0.25) is 11.8 Å². The van der Waals surface area contributed by atoms with Gasteiger partial charge in [0.1, 0.15) is 23.4 Å². The first-order valence-corrected chi connectivity index (χ1v) is 11.6. The quantitative estimate of drug-likeness (QED) is 0.502. The zero-order chi connectivity index (χ0) is 24.8. The number of aryl methyl sites for hydroxylation is 1. The number of nitrogens with zero attached hydrogens (tertiary/aromatic N) is 3. The minimum atomic E-state index is -0.879. The number of carbonyl (C=O) groups is 2. The molecule has 0 bridgehead atoms. The van der Waals surface area contributed by atoms with Gasteiger partial charge in [-0.25, -0.2) is 4.39 Å². The van der Waals surface area contributed by atoms with Gasteiger partial charge < -0.3 is 19.9 Å². The van der Waals surface area contributed by atoms with E-state index in [-0.39, 0.29) is 5.69 Å². The molecule has 1 atom stereocenters. The lowest BCUT2D eigenvalue weighted by molar-refractivity contribution is -0.123. The molecule has 0 saturated carbocycles. The highest BCUT2D eigenvalue weighted by atomic mass is 19.1. The number of hydrogen-bond acceptors (Lipinski definition) is 5. The van der Waals surface area contributed by atoms with E-state index in [9.17, 15) is 14.0 Å². The number of benzene rings is 2. The van der Waals surface area contributed by atoms with Crippen LogP contribution in [-0.4, -0.2) is 39.7 Å². The molecule has 1 aliphatic rings. The van der Waals surface area contributed by atoms with Crippen molar-refractivity contribution in [2.45, 2.75) is 45.2 Å². The second kappa shape index (κ2) is 10.9. The van der Waals surface area contributed by atoms with Gasteiger partial charge in [-0.1, -0.05) is 18.6 Å². The summed E-state index contributed by atoms with van der Waals surface area (Å²) in [5.74, 6) is 0.744. The van der Waals surface area contributed by atoms with Crippen molar-refractivity contribution in [3.63, 3.8) is 0 Å². The number of methoxy groups -OCH3 is 1. The van der Waals surface area contributed by atoms with E-state index >= 15 is 0 Å². The second-order valence-electron chi connectivity index (χ2n) is 8.42. The fourth-order valence-electron chi connectivity index (χ4n) is 3.91.